The molecule has 0 heterocycles. The number of hydrogen-bond donors (Lipinski definition) is 3. The number of aliphatic hydroxyl groups is 1. The predicted octanol–water partition coefficient (Wildman–Crippen LogP) is 27.3. The van der Waals surface area contributed by atoms with E-state index in [0.717, 1.165) is 108 Å². The molecule has 0 aromatic carbocycles. The van der Waals surface area contributed by atoms with E-state index >= 15 is 0 Å². The van der Waals surface area contributed by atoms with Gasteiger partial charge in [-0.3, -0.25) is 37.3 Å². The second kappa shape index (κ2) is 78.9. The Bertz CT molecular complexity index is 2080. The van der Waals surface area contributed by atoms with Crippen molar-refractivity contribution in [2.24, 2.45) is 17.8 Å². The average molecular weight is 1580 g/mol. The van der Waals surface area contributed by atoms with Crippen LogP contribution in [0.1, 0.15) is 472 Å². The number of hydrogen-bond acceptors (Lipinski definition) is 15. The third-order valence-electron chi connectivity index (χ3n) is 21.2. The summed E-state index contributed by atoms with van der Waals surface area (Å²) in [4.78, 5) is 73.3. The summed E-state index contributed by atoms with van der Waals surface area (Å²) in [5, 5.41) is 10.7. The van der Waals surface area contributed by atoms with Crippen LogP contribution >= 0.6 is 15.6 Å². The molecule has 6 atom stereocenters. The molecule has 642 valence electrons. The molecule has 0 aliphatic rings. The third kappa shape index (κ3) is 80.7. The van der Waals surface area contributed by atoms with Crippen LogP contribution in [0, 0.1) is 17.8 Å². The Morgan fingerprint density at radius 1 is 0.269 bits per heavy atom. The van der Waals surface area contributed by atoms with Crippen molar-refractivity contribution in [2.75, 3.05) is 39.6 Å². The van der Waals surface area contributed by atoms with Crippen molar-refractivity contribution in [3.8, 4) is 0 Å². The van der Waals surface area contributed by atoms with E-state index in [4.69, 9.17) is 37.0 Å². The summed E-state index contributed by atoms with van der Waals surface area (Å²) >= 11 is 0. The minimum Gasteiger partial charge on any atom is -0.462 e. The maximum absolute atomic E-state index is 13.2. The SMILES string of the molecule is CCCCCCCCCCCCCCCC(=O)O[C@H](COC(=O)CCCCCCCCCCCC(C)C)COP(=O)(O)OC[C@H](O)COP(=O)(O)OC[C@@H](COC(=O)CCCCCCCCCCCCCCCCCCCCC(C)C)OC(=O)CCCCCCCCCCCCCCCCCCCCC(C)CC. The lowest BCUT2D eigenvalue weighted by atomic mass is 9.99. The Morgan fingerprint density at radius 3 is 0.704 bits per heavy atom. The zero-order valence-corrected chi connectivity index (χ0v) is 73.1. The van der Waals surface area contributed by atoms with E-state index in [1.807, 2.05) is 0 Å². The molecule has 19 heteroatoms. The van der Waals surface area contributed by atoms with E-state index in [9.17, 15) is 43.2 Å². The minimum absolute atomic E-state index is 0.107. The maximum atomic E-state index is 13.2. The molecule has 0 saturated heterocycles. The first-order chi connectivity index (χ1) is 52.3. The summed E-state index contributed by atoms with van der Waals surface area (Å²) in [5.41, 5.74) is 0. The van der Waals surface area contributed by atoms with Gasteiger partial charge < -0.3 is 33.8 Å². The lowest BCUT2D eigenvalue weighted by Crippen LogP contribution is -2.30. The van der Waals surface area contributed by atoms with E-state index in [2.05, 4.69) is 48.5 Å². The molecule has 0 saturated carbocycles. The number of aliphatic hydroxyl groups excluding tert-OH is 1. The van der Waals surface area contributed by atoms with E-state index in [0.29, 0.717) is 25.7 Å². The van der Waals surface area contributed by atoms with Crippen LogP contribution in [0.2, 0.25) is 0 Å². The molecule has 3 N–H and O–H groups in total. The van der Waals surface area contributed by atoms with Crippen LogP contribution in [-0.2, 0) is 65.4 Å². The maximum Gasteiger partial charge on any atom is 0.472 e. The fourth-order valence-electron chi connectivity index (χ4n) is 13.9. The number of esters is 4. The molecule has 0 bridgehead atoms. The highest BCUT2D eigenvalue weighted by atomic mass is 31.2. The molecule has 0 spiro atoms. The van der Waals surface area contributed by atoms with Gasteiger partial charge in [0.15, 0.2) is 12.2 Å². The quantitative estimate of drug-likeness (QED) is 0.0222. The monoisotopic (exact) mass is 1580 g/mol. The van der Waals surface area contributed by atoms with E-state index in [1.165, 1.54) is 283 Å². The molecule has 0 rings (SSSR count). The molecule has 0 amide bonds. The molecule has 0 aliphatic carbocycles. The van der Waals surface area contributed by atoms with Gasteiger partial charge >= 0.3 is 39.5 Å². The normalized spacial score (nSPS) is 14.1. The van der Waals surface area contributed by atoms with Crippen molar-refractivity contribution in [3.05, 3.63) is 0 Å². The van der Waals surface area contributed by atoms with Crippen molar-refractivity contribution >= 4 is 39.5 Å². The summed E-state index contributed by atoms with van der Waals surface area (Å²) in [5.74, 6) is 0.338. The molecule has 0 radical (unpaired) electrons. The van der Waals surface area contributed by atoms with Gasteiger partial charge in [0, 0.05) is 25.7 Å². The number of phosphoric ester groups is 2. The predicted molar refractivity (Wildman–Crippen MR) is 446 cm³/mol. The van der Waals surface area contributed by atoms with E-state index in [1.54, 1.807) is 0 Å². The first kappa shape index (κ1) is 106. The number of ether oxygens (including phenoxy) is 4. The fraction of sp³-hybridized carbons (Fsp3) is 0.955. The number of phosphoric acid groups is 2. The van der Waals surface area contributed by atoms with Crippen LogP contribution < -0.4 is 0 Å². The van der Waals surface area contributed by atoms with Gasteiger partial charge in [0.05, 0.1) is 26.4 Å². The highest BCUT2D eigenvalue weighted by Crippen LogP contribution is 2.45. The molecule has 0 fully saturated rings. The summed E-state index contributed by atoms with van der Waals surface area (Å²) in [6.45, 7) is 12.1. The standard InChI is InChI=1S/C89H174O17P2/c1-8-10-11-12-13-14-15-28-36-43-51-58-65-72-88(93)106-85(77-100-87(92)71-64-57-50-45-38-40-47-54-61-68-81(5)6)79-104-108(97,98)102-75-83(90)74-101-107(95,96)103-78-84(76-99-86(91)70-63-56-49-42-35-31-26-22-18-16-20-24-29-33-39-46-53-60-67-80(3)4)105-89(94)73-66-59-52-44-37-32-27-23-19-17-21-25-30-34-41-48-55-62-69-82(7)9-2/h80-85,90H,8-79H2,1-7H3,(H,95,96)(H,97,98)/t82?,83-,84-,85-/m1/s1. The van der Waals surface area contributed by atoms with Crippen LogP contribution in [0.3, 0.4) is 0 Å². The summed E-state index contributed by atoms with van der Waals surface area (Å²) in [6.07, 6.45) is 70.8. The Hall–Kier alpha value is -1.94. The first-order valence-electron chi connectivity index (χ1n) is 45.9. The van der Waals surface area contributed by atoms with Crippen molar-refractivity contribution in [1.29, 1.82) is 0 Å². The van der Waals surface area contributed by atoms with Crippen LogP contribution in [0.15, 0.2) is 0 Å². The molecule has 3 unspecified atom stereocenters. The Morgan fingerprint density at radius 2 is 0.472 bits per heavy atom. The number of carbonyl (C=O) groups is 4. The Kier molecular flexibility index (Phi) is 77.5. The Balaban J connectivity index is 5.22. The summed E-state index contributed by atoms with van der Waals surface area (Å²) in [6, 6.07) is 0. The molecule has 0 aromatic heterocycles. The molecular formula is C89H174O17P2. The summed E-state index contributed by atoms with van der Waals surface area (Å²) in [7, 11) is -9.93. The van der Waals surface area contributed by atoms with Crippen molar-refractivity contribution in [2.45, 2.75) is 491 Å². The van der Waals surface area contributed by atoms with Crippen LogP contribution in [0.4, 0.5) is 0 Å². The second-order valence-corrected chi connectivity index (χ2v) is 36.1. The van der Waals surface area contributed by atoms with Gasteiger partial charge in [0.2, 0.25) is 0 Å². The first-order valence-corrected chi connectivity index (χ1v) is 48.9. The van der Waals surface area contributed by atoms with Gasteiger partial charge in [-0.2, -0.15) is 0 Å². The van der Waals surface area contributed by atoms with Crippen molar-refractivity contribution in [3.63, 3.8) is 0 Å². The topological polar surface area (TPSA) is 237 Å². The van der Waals surface area contributed by atoms with Gasteiger partial charge in [-0.1, -0.05) is 421 Å². The molecule has 0 aromatic rings. The van der Waals surface area contributed by atoms with Crippen molar-refractivity contribution in [1.82, 2.24) is 0 Å². The van der Waals surface area contributed by atoms with Crippen molar-refractivity contribution < 1.29 is 80.2 Å². The van der Waals surface area contributed by atoms with E-state index < -0.39 is 97.5 Å². The van der Waals surface area contributed by atoms with Gasteiger partial charge in [0.25, 0.3) is 0 Å². The van der Waals surface area contributed by atoms with Gasteiger partial charge in [-0.05, 0) is 43.4 Å². The zero-order valence-electron chi connectivity index (χ0n) is 71.3. The number of carbonyl (C=O) groups excluding carboxylic acids is 4. The highest BCUT2D eigenvalue weighted by Gasteiger charge is 2.31. The second-order valence-electron chi connectivity index (χ2n) is 33.2. The zero-order chi connectivity index (χ0) is 79.3. The number of rotatable bonds is 87. The molecule has 108 heavy (non-hydrogen) atoms. The summed E-state index contributed by atoms with van der Waals surface area (Å²) < 4.78 is 69.0. The fourth-order valence-corrected chi connectivity index (χ4v) is 15.4. The molecule has 0 aliphatic heterocycles. The van der Waals surface area contributed by atoms with Gasteiger partial charge in [-0.15, -0.1) is 0 Å². The largest absolute Gasteiger partial charge is 0.472 e. The minimum atomic E-state index is -4.97. The van der Waals surface area contributed by atoms with E-state index in [-0.39, 0.29) is 25.7 Å². The van der Waals surface area contributed by atoms with Gasteiger partial charge in [-0.25, -0.2) is 9.13 Å². The third-order valence-corrected chi connectivity index (χ3v) is 23.1. The molecule has 17 nitrogen and oxygen atoms in total. The highest BCUT2D eigenvalue weighted by molar-refractivity contribution is 7.47. The number of unbranched alkanes of at least 4 members (excludes halogenated alkanes) is 54. The van der Waals surface area contributed by atoms with Gasteiger partial charge in [0.1, 0.15) is 19.3 Å². The lowest BCUT2D eigenvalue weighted by molar-refractivity contribution is -0.161. The van der Waals surface area contributed by atoms with Crippen LogP contribution in [0.25, 0.3) is 0 Å². The van der Waals surface area contributed by atoms with Crippen LogP contribution in [0.5, 0.6) is 0 Å². The smallest absolute Gasteiger partial charge is 0.462 e. The average Bonchev–Trinajstić information content (AvgIpc) is 0.898. The Labute approximate surface area is 664 Å². The van der Waals surface area contributed by atoms with Crippen LogP contribution in [-0.4, -0.2) is 96.7 Å². The molecular weight excluding hydrogens is 1400 g/mol. The lowest BCUT2D eigenvalue weighted by Gasteiger charge is -2.21.